The largest absolute Gasteiger partial charge is 0.497 e. The lowest BCUT2D eigenvalue weighted by Gasteiger charge is -2.32. The molecule has 0 aliphatic carbocycles. The summed E-state index contributed by atoms with van der Waals surface area (Å²) < 4.78 is 37.1. The first kappa shape index (κ1) is 18.7. The summed E-state index contributed by atoms with van der Waals surface area (Å²) in [7, 11) is 1.02. The number of ether oxygens (including phenoxy) is 2. The Hall–Kier alpha value is -2.05. The Morgan fingerprint density at radius 2 is 1.58 bits per heavy atom. The van der Waals surface area contributed by atoms with Gasteiger partial charge in [0.25, 0.3) is 0 Å². The zero-order valence-electron chi connectivity index (χ0n) is 15.8. The first-order valence-electron chi connectivity index (χ1n) is 8.63. The Bertz CT molecular complexity index is 758. The third-order valence-corrected chi connectivity index (χ3v) is 5.03. The van der Waals surface area contributed by atoms with Crippen LogP contribution in [0.1, 0.15) is 33.3 Å². The van der Waals surface area contributed by atoms with Crippen LogP contribution < -0.4 is 14.9 Å². The molecule has 0 aromatic heterocycles. The van der Waals surface area contributed by atoms with Gasteiger partial charge in [0.1, 0.15) is 12.4 Å². The van der Waals surface area contributed by atoms with E-state index in [2.05, 4.69) is 0 Å². The van der Waals surface area contributed by atoms with Gasteiger partial charge in [0.2, 0.25) is 0 Å². The summed E-state index contributed by atoms with van der Waals surface area (Å²) >= 11 is 0. The first-order chi connectivity index (χ1) is 12.2. The summed E-state index contributed by atoms with van der Waals surface area (Å²) in [6.07, 6.45) is 0. The van der Waals surface area contributed by atoms with Crippen molar-refractivity contribution in [2.45, 2.75) is 45.5 Å². The molecule has 0 unspecified atom stereocenters. The molecule has 0 saturated carbocycles. The first-order valence-corrected chi connectivity index (χ1v) is 8.63. The van der Waals surface area contributed by atoms with Crippen molar-refractivity contribution >= 4 is 12.6 Å². The molecular weight excluding hydrogens is 334 g/mol. The van der Waals surface area contributed by atoms with Crippen LogP contribution in [0, 0.1) is 5.82 Å². The highest BCUT2D eigenvalue weighted by Gasteiger charge is 2.51. The van der Waals surface area contributed by atoms with Crippen molar-refractivity contribution in [2.75, 3.05) is 7.11 Å². The van der Waals surface area contributed by atoms with Gasteiger partial charge in [0.05, 0.1) is 18.3 Å². The number of hydrogen-bond donors (Lipinski definition) is 0. The maximum Gasteiger partial charge on any atom is 0.494 e. The summed E-state index contributed by atoms with van der Waals surface area (Å²) in [4.78, 5) is 0. The second-order valence-electron chi connectivity index (χ2n) is 7.41. The predicted molar refractivity (Wildman–Crippen MR) is 99.4 cm³/mol. The number of halogens is 1. The molecule has 1 aliphatic heterocycles. The van der Waals surface area contributed by atoms with Crippen molar-refractivity contribution < 1.29 is 23.2 Å². The third-order valence-electron chi connectivity index (χ3n) is 5.03. The Labute approximate surface area is 154 Å². The van der Waals surface area contributed by atoms with Crippen LogP contribution in [0.3, 0.4) is 0 Å². The number of benzene rings is 2. The zero-order chi connectivity index (χ0) is 18.9. The second kappa shape index (κ2) is 6.93. The van der Waals surface area contributed by atoms with E-state index in [0.717, 1.165) is 11.3 Å². The third kappa shape index (κ3) is 3.71. The number of hydrogen-bond acceptors (Lipinski definition) is 4. The minimum absolute atomic E-state index is 0.195. The Kier molecular flexibility index (Phi) is 4.99. The molecule has 6 heteroatoms. The van der Waals surface area contributed by atoms with Gasteiger partial charge in [0, 0.05) is 0 Å². The molecule has 0 spiro atoms. The zero-order valence-corrected chi connectivity index (χ0v) is 15.8. The molecule has 0 N–H and O–H groups in total. The van der Waals surface area contributed by atoms with E-state index >= 15 is 0 Å². The van der Waals surface area contributed by atoms with Crippen LogP contribution >= 0.6 is 0 Å². The second-order valence-corrected chi connectivity index (χ2v) is 7.41. The molecule has 1 saturated heterocycles. The average molecular weight is 358 g/mol. The molecule has 2 aromatic carbocycles. The Balaban J connectivity index is 1.68. The van der Waals surface area contributed by atoms with E-state index in [1.807, 2.05) is 52.0 Å². The molecule has 0 bridgehead atoms. The quantitative estimate of drug-likeness (QED) is 0.764. The monoisotopic (exact) mass is 358 g/mol. The van der Waals surface area contributed by atoms with Gasteiger partial charge in [-0.1, -0.05) is 18.2 Å². The van der Waals surface area contributed by atoms with Gasteiger partial charge in [-0.3, -0.25) is 0 Å². The van der Waals surface area contributed by atoms with Crippen LogP contribution in [0.15, 0.2) is 42.5 Å². The Morgan fingerprint density at radius 1 is 0.962 bits per heavy atom. The standard InChI is InChI=1S/C20H24BFO4/c1-19(2)20(3,4)26-21(25-19)15-8-11-18(17(22)12-15)24-13-14-6-9-16(23-5)10-7-14/h6-12H,13H2,1-5H3. The minimum Gasteiger partial charge on any atom is -0.497 e. The normalized spacial score (nSPS) is 18.0. The van der Waals surface area contributed by atoms with E-state index in [4.69, 9.17) is 18.8 Å². The van der Waals surface area contributed by atoms with E-state index in [-0.39, 0.29) is 12.4 Å². The molecule has 1 heterocycles. The van der Waals surface area contributed by atoms with E-state index in [1.54, 1.807) is 19.2 Å². The lowest BCUT2D eigenvalue weighted by atomic mass is 9.79. The van der Waals surface area contributed by atoms with Gasteiger partial charge in [0.15, 0.2) is 11.6 Å². The van der Waals surface area contributed by atoms with Crippen LogP contribution in [0.2, 0.25) is 0 Å². The van der Waals surface area contributed by atoms with Crippen molar-refractivity contribution in [1.82, 2.24) is 0 Å². The van der Waals surface area contributed by atoms with Crippen molar-refractivity contribution in [3.8, 4) is 11.5 Å². The van der Waals surface area contributed by atoms with Crippen LogP contribution in [0.5, 0.6) is 11.5 Å². The van der Waals surface area contributed by atoms with Gasteiger partial charge in [-0.2, -0.15) is 0 Å². The summed E-state index contributed by atoms with van der Waals surface area (Å²) in [5.74, 6) is 0.526. The molecule has 26 heavy (non-hydrogen) atoms. The highest BCUT2D eigenvalue weighted by molar-refractivity contribution is 6.62. The van der Waals surface area contributed by atoms with E-state index in [9.17, 15) is 4.39 Å². The molecule has 1 fully saturated rings. The molecular formula is C20H24BFO4. The van der Waals surface area contributed by atoms with Crippen molar-refractivity contribution in [2.24, 2.45) is 0 Å². The van der Waals surface area contributed by atoms with Crippen LogP contribution in [0.4, 0.5) is 4.39 Å². The molecule has 2 aromatic rings. The van der Waals surface area contributed by atoms with Crippen LogP contribution in [-0.2, 0) is 15.9 Å². The fraction of sp³-hybridized carbons (Fsp3) is 0.400. The molecule has 3 rings (SSSR count). The topological polar surface area (TPSA) is 36.9 Å². The van der Waals surface area contributed by atoms with Crippen molar-refractivity contribution in [3.05, 3.63) is 53.8 Å². The van der Waals surface area contributed by atoms with Gasteiger partial charge >= 0.3 is 7.12 Å². The van der Waals surface area contributed by atoms with Gasteiger partial charge < -0.3 is 18.8 Å². The average Bonchev–Trinajstić information content (AvgIpc) is 2.82. The fourth-order valence-electron chi connectivity index (χ4n) is 2.64. The smallest absolute Gasteiger partial charge is 0.494 e. The van der Waals surface area contributed by atoms with Gasteiger partial charge in [-0.05, 0) is 63.0 Å². The van der Waals surface area contributed by atoms with Gasteiger partial charge in [-0.15, -0.1) is 0 Å². The fourth-order valence-corrected chi connectivity index (χ4v) is 2.64. The predicted octanol–water partition coefficient (Wildman–Crippen LogP) is 3.71. The summed E-state index contributed by atoms with van der Waals surface area (Å²) in [5.41, 5.74) is 0.646. The van der Waals surface area contributed by atoms with Crippen LogP contribution in [-0.4, -0.2) is 25.4 Å². The highest BCUT2D eigenvalue weighted by atomic mass is 19.1. The van der Waals surface area contributed by atoms with E-state index < -0.39 is 24.1 Å². The van der Waals surface area contributed by atoms with Crippen molar-refractivity contribution in [1.29, 1.82) is 0 Å². The lowest BCUT2D eigenvalue weighted by Crippen LogP contribution is -2.41. The maximum atomic E-state index is 14.5. The molecule has 0 atom stereocenters. The van der Waals surface area contributed by atoms with E-state index in [1.165, 1.54) is 6.07 Å². The Morgan fingerprint density at radius 3 is 2.12 bits per heavy atom. The SMILES string of the molecule is COc1ccc(COc2ccc(B3OC(C)(C)C(C)(C)O3)cc2F)cc1. The summed E-state index contributed by atoms with van der Waals surface area (Å²) in [6.45, 7) is 8.15. The molecule has 138 valence electrons. The minimum atomic E-state index is -0.592. The van der Waals surface area contributed by atoms with E-state index in [0.29, 0.717) is 5.46 Å². The number of methoxy groups -OCH3 is 1. The molecule has 0 amide bonds. The van der Waals surface area contributed by atoms with Crippen molar-refractivity contribution in [3.63, 3.8) is 0 Å². The van der Waals surface area contributed by atoms with Gasteiger partial charge in [-0.25, -0.2) is 4.39 Å². The lowest BCUT2D eigenvalue weighted by molar-refractivity contribution is 0.00578. The molecule has 0 radical (unpaired) electrons. The highest BCUT2D eigenvalue weighted by Crippen LogP contribution is 2.36. The summed E-state index contributed by atoms with van der Waals surface area (Å²) in [6, 6.07) is 12.2. The maximum absolute atomic E-state index is 14.5. The number of rotatable bonds is 5. The molecule has 4 nitrogen and oxygen atoms in total. The molecule has 1 aliphatic rings. The van der Waals surface area contributed by atoms with Crippen LogP contribution in [0.25, 0.3) is 0 Å². The summed E-state index contributed by atoms with van der Waals surface area (Å²) in [5, 5.41) is 0.